The summed E-state index contributed by atoms with van der Waals surface area (Å²) in [6.45, 7) is 2.28. The van der Waals surface area contributed by atoms with Crippen LogP contribution in [-0.2, 0) is 0 Å². The highest BCUT2D eigenvalue weighted by Crippen LogP contribution is 2.28. The molecule has 0 spiro atoms. The van der Waals surface area contributed by atoms with Crippen LogP contribution in [0.5, 0.6) is 0 Å². The molecule has 1 aliphatic carbocycles. The first-order valence-corrected chi connectivity index (χ1v) is 4.40. The zero-order valence-electron chi connectivity index (χ0n) is 6.07. The lowest BCUT2D eigenvalue weighted by Gasteiger charge is -2.23. The van der Waals surface area contributed by atoms with E-state index in [4.69, 9.17) is 11.6 Å². The molecule has 0 aliphatic heterocycles. The normalized spacial score (nSPS) is 36.7. The van der Waals surface area contributed by atoms with Crippen LogP contribution in [0.2, 0.25) is 0 Å². The highest BCUT2D eigenvalue weighted by Gasteiger charge is 2.17. The quantitative estimate of drug-likeness (QED) is 0.500. The van der Waals surface area contributed by atoms with Gasteiger partial charge in [0.2, 0.25) is 0 Å². The zero-order valence-corrected chi connectivity index (χ0v) is 6.82. The molecule has 1 heteroatoms. The average Bonchev–Trinajstić information content (AvgIpc) is 1.90. The summed E-state index contributed by atoms with van der Waals surface area (Å²) in [6.07, 6.45) is 6.58. The van der Waals surface area contributed by atoms with E-state index in [1.54, 1.807) is 0 Å². The monoisotopic (exact) mass is 148 g/mol. The molecule has 9 heavy (non-hydrogen) atoms. The Morgan fingerprint density at radius 2 is 1.89 bits per heavy atom. The van der Waals surface area contributed by atoms with Crippen molar-refractivity contribution in [2.75, 3.05) is 0 Å². The topological polar surface area (TPSA) is 0 Å². The largest absolute Gasteiger partial charge is 0.123 e. The number of hydrogen-bond donors (Lipinski definition) is 0. The number of alkyl halides is 1. The van der Waals surface area contributed by atoms with Gasteiger partial charge in [-0.05, 0) is 31.6 Å². The summed E-state index contributed by atoms with van der Waals surface area (Å²) < 4.78 is 0. The van der Waals surface area contributed by atoms with Crippen molar-refractivity contribution < 1.29 is 1.43 Å². The summed E-state index contributed by atoms with van der Waals surface area (Å²) in [6, 6.07) is 0. The maximum atomic E-state index is 5.94. The Labute approximate surface area is 64.1 Å². The predicted molar refractivity (Wildman–Crippen MR) is 44.0 cm³/mol. The summed E-state index contributed by atoms with van der Waals surface area (Å²) in [4.78, 5) is 0. The minimum absolute atomic E-state index is 0. The molecule has 1 fully saturated rings. The van der Waals surface area contributed by atoms with E-state index in [0.29, 0.717) is 5.38 Å². The Bertz CT molecular complexity index is 77.3. The van der Waals surface area contributed by atoms with Crippen LogP contribution in [0.3, 0.4) is 0 Å². The highest BCUT2D eigenvalue weighted by atomic mass is 35.5. The summed E-state index contributed by atoms with van der Waals surface area (Å²) >= 11 is 5.94. The average molecular weight is 149 g/mol. The van der Waals surface area contributed by atoms with Gasteiger partial charge in [-0.2, -0.15) is 0 Å². The van der Waals surface area contributed by atoms with Gasteiger partial charge in [0.05, 0.1) is 0 Å². The van der Waals surface area contributed by atoms with Gasteiger partial charge in [0.15, 0.2) is 0 Å². The third-order valence-corrected chi connectivity index (χ3v) is 2.79. The van der Waals surface area contributed by atoms with Gasteiger partial charge in [-0.1, -0.05) is 13.3 Å². The van der Waals surface area contributed by atoms with Crippen LogP contribution < -0.4 is 0 Å². The fourth-order valence-electron chi connectivity index (χ4n) is 1.53. The summed E-state index contributed by atoms with van der Waals surface area (Å²) in [7, 11) is 0. The van der Waals surface area contributed by atoms with Gasteiger partial charge in [0.1, 0.15) is 0 Å². The molecule has 1 saturated carbocycles. The number of rotatable bonds is 1. The lowest BCUT2D eigenvalue weighted by atomic mass is 9.87. The molecule has 0 aromatic heterocycles. The smallest absolute Gasteiger partial charge is 0.0336 e. The van der Waals surface area contributed by atoms with Crippen molar-refractivity contribution in [1.82, 2.24) is 0 Å². The van der Waals surface area contributed by atoms with E-state index in [1.807, 2.05) is 0 Å². The molecular weight excluding hydrogens is 132 g/mol. The molecule has 0 nitrogen and oxygen atoms in total. The maximum Gasteiger partial charge on any atom is 0.0336 e. The van der Waals surface area contributed by atoms with Crippen LogP contribution in [0.15, 0.2) is 0 Å². The second-order valence-electron chi connectivity index (χ2n) is 3.03. The Kier molecular flexibility index (Phi) is 2.84. The van der Waals surface area contributed by atoms with Gasteiger partial charge in [-0.15, -0.1) is 11.6 Å². The SMILES string of the molecule is CCC1CCC(Cl)CC1.[HH]. The van der Waals surface area contributed by atoms with Gasteiger partial charge < -0.3 is 0 Å². The van der Waals surface area contributed by atoms with E-state index in [2.05, 4.69) is 6.92 Å². The molecule has 0 amide bonds. The van der Waals surface area contributed by atoms with Crippen molar-refractivity contribution in [3.8, 4) is 0 Å². The number of hydrogen-bond acceptors (Lipinski definition) is 0. The fourth-order valence-corrected chi connectivity index (χ4v) is 1.78. The van der Waals surface area contributed by atoms with E-state index in [-0.39, 0.29) is 1.43 Å². The van der Waals surface area contributed by atoms with Crippen LogP contribution in [0.4, 0.5) is 0 Å². The van der Waals surface area contributed by atoms with E-state index in [9.17, 15) is 0 Å². The van der Waals surface area contributed by atoms with Crippen molar-refractivity contribution in [3.63, 3.8) is 0 Å². The third kappa shape index (κ3) is 2.17. The minimum atomic E-state index is 0. The molecule has 0 aromatic rings. The van der Waals surface area contributed by atoms with Crippen molar-refractivity contribution in [1.29, 1.82) is 0 Å². The van der Waals surface area contributed by atoms with Gasteiger partial charge >= 0.3 is 0 Å². The molecule has 0 bridgehead atoms. The van der Waals surface area contributed by atoms with Crippen LogP contribution >= 0.6 is 11.6 Å². The Balaban J connectivity index is 0.000000810. The lowest BCUT2D eigenvalue weighted by Crippen LogP contribution is -2.13. The fraction of sp³-hybridized carbons (Fsp3) is 1.00. The maximum absolute atomic E-state index is 5.94. The molecule has 0 saturated heterocycles. The first-order valence-electron chi connectivity index (χ1n) is 3.97. The first kappa shape index (κ1) is 7.40. The van der Waals surface area contributed by atoms with Crippen LogP contribution in [-0.4, -0.2) is 5.38 Å². The molecule has 56 valence electrons. The van der Waals surface area contributed by atoms with E-state index >= 15 is 0 Å². The second-order valence-corrected chi connectivity index (χ2v) is 3.64. The van der Waals surface area contributed by atoms with Crippen molar-refractivity contribution in [2.45, 2.75) is 44.4 Å². The summed E-state index contributed by atoms with van der Waals surface area (Å²) in [5, 5.41) is 0.493. The Hall–Kier alpha value is 0.290. The predicted octanol–water partition coefficient (Wildman–Crippen LogP) is 3.44. The number of halogens is 1. The van der Waals surface area contributed by atoms with E-state index < -0.39 is 0 Å². The van der Waals surface area contributed by atoms with Gasteiger partial charge in [0, 0.05) is 6.80 Å². The molecule has 1 rings (SSSR count). The second kappa shape index (κ2) is 3.46. The summed E-state index contributed by atoms with van der Waals surface area (Å²) in [5.74, 6) is 0.986. The molecule has 0 atom stereocenters. The molecule has 0 radical (unpaired) electrons. The molecule has 0 N–H and O–H groups in total. The Morgan fingerprint density at radius 1 is 1.33 bits per heavy atom. The highest BCUT2D eigenvalue weighted by molar-refractivity contribution is 6.20. The summed E-state index contributed by atoms with van der Waals surface area (Å²) in [5.41, 5.74) is 0. The van der Waals surface area contributed by atoms with Crippen molar-refractivity contribution in [2.24, 2.45) is 5.92 Å². The van der Waals surface area contributed by atoms with Crippen LogP contribution in [0.1, 0.15) is 40.5 Å². The van der Waals surface area contributed by atoms with E-state index in [0.717, 1.165) is 5.92 Å². The molecule has 0 aromatic carbocycles. The van der Waals surface area contributed by atoms with Gasteiger partial charge in [-0.3, -0.25) is 0 Å². The van der Waals surface area contributed by atoms with Gasteiger partial charge in [-0.25, -0.2) is 0 Å². The lowest BCUT2D eigenvalue weighted by molar-refractivity contribution is 0.353. The standard InChI is InChI=1S/C8H15Cl.H2/c1-2-7-3-5-8(9)6-4-7;/h7-8H,2-6H2,1H3;1H. The third-order valence-electron chi connectivity index (χ3n) is 2.35. The van der Waals surface area contributed by atoms with Crippen LogP contribution in [0, 0.1) is 5.92 Å². The van der Waals surface area contributed by atoms with E-state index in [1.165, 1.54) is 32.1 Å². The first-order chi connectivity index (χ1) is 4.33. The van der Waals surface area contributed by atoms with Gasteiger partial charge in [0.25, 0.3) is 0 Å². The molecule has 0 heterocycles. The molecular formula is C8H17Cl. The minimum Gasteiger partial charge on any atom is -0.123 e. The van der Waals surface area contributed by atoms with Crippen molar-refractivity contribution in [3.05, 3.63) is 0 Å². The zero-order chi connectivity index (χ0) is 6.69. The molecule has 0 unspecified atom stereocenters. The Morgan fingerprint density at radius 3 is 2.33 bits per heavy atom. The molecule has 1 aliphatic rings. The van der Waals surface area contributed by atoms with Crippen LogP contribution in [0.25, 0.3) is 0 Å². The van der Waals surface area contributed by atoms with Crippen molar-refractivity contribution >= 4 is 11.6 Å².